The van der Waals surface area contributed by atoms with Gasteiger partial charge in [0.1, 0.15) is 23.8 Å². The second-order valence-electron chi connectivity index (χ2n) is 9.08. The standard InChI is InChI=1S/C28H27ClN6O/c1-19-12-15-30-24(16-19)35-26-17-25(31-18-32-26)33-22-8-10-23(11-9-22)34-27(36)28(13-2-3-14-28)20-4-6-21(29)7-5-20/h4-12,15-18H,2-3,13-14H2,1H3,(H,34,36)(H2,30,31,32,33,35). The van der Waals surface area contributed by atoms with Crippen molar-refractivity contribution in [3.63, 3.8) is 0 Å². The van der Waals surface area contributed by atoms with Gasteiger partial charge in [-0.3, -0.25) is 4.79 Å². The number of halogens is 1. The van der Waals surface area contributed by atoms with Crippen molar-refractivity contribution in [3.8, 4) is 0 Å². The third-order valence-corrected chi connectivity index (χ3v) is 6.79. The fourth-order valence-corrected chi connectivity index (χ4v) is 4.79. The molecule has 0 aliphatic heterocycles. The van der Waals surface area contributed by atoms with Crippen LogP contribution in [0.5, 0.6) is 0 Å². The molecule has 0 bridgehead atoms. The SMILES string of the molecule is Cc1ccnc(Nc2cc(Nc3ccc(NC(=O)C4(c5ccc(Cl)cc5)CCCC4)cc3)ncn2)c1. The Labute approximate surface area is 215 Å². The number of aromatic nitrogens is 3. The summed E-state index contributed by atoms with van der Waals surface area (Å²) in [7, 11) is 0. The molecule has 182 valence electrons. The maximum absolute atomic E-state index is 13.4. The van der Waals surface area contributed by atoms with Crippen molar-refractivity contribution in [2.24, 2.45) is 0 Å². The maximum Gasteiger partial charge on any atom is 0.235 e. The van der Waals surface area contributed by atoms with Crippen LogP contribution in [0.3, 0.4) is 0 Å². The van der Waals surface area contributed by atoms with Crippen molar-refractivity contribution < 1.29 is 4.79 Å². The van der Waals surface area contributed by atoms with Crippen molar-refractivity contribution in [2.75, 3.05) is 16.0 Å². The topological polar surface area (TPSA) is 91.8 Å². The van der Waals surface area contributed by atoms with Crippen molar-refractivity contribution >= 4 is 46.3 Å². The Morgan fingerprint density at radius 2 is 1.44 bits per heavy atom. The Hall–Kier alpha value is -3.97. The molecule has 8 heteroatoms. The smallest absolute Gasteiger partial charge is 0.235 e. The molecule has 1 aliphatic carbocycles. The summed E-state index contributed by atoms with van der Waals surface area (Å²) < 4.78 is 0. The molecule has 2 aromatic heterocycles. The molecular formula is C28H27ClN6O. The van der Waals surface area contributed by atoms with E-state index in [9.17, 15) is 4.79 Å². The summed E-state index contributed by atoms with van der Waals surface area (Å²) in [5, 5.41) is 10.3. The van der Waals surface area contributed by atoms with E-state index in [1.165, 1.54) is 6.33 Å². The average Bonchev–Trinajstić information content (AvgIpc) is 3.37. The fraction of sp³-hybridized carbons (Fsp3) is 0.214. The van der Waals surface area contributed by atoms with Gasteiger partial charge in [0.2, 0.25) is 5.91 Å². The highest BCUT2D eigenvalue weighted by molar-refractivity contribution is 6.30. The molecule has 1 saturated carbocycles. The Balaban J connectivity index is 1.25. The molecule has 5 rings (SSSR count). The lowest BCUT2D eigenvalue weighted by Gasteiger charge is -2.28. The van der Waals surface area contributed by atoms with Gasteiger partial charge >= 0.3 is 0 Å². The van der Waals surface area contributed by atoms with Crippen molar-refractivity contribution in [1.29, 1.82) is 0 Å². The van der Waals surface area contributed by atoms with Crippen LogP contribution in [0.2, 0.25) is 5.02 Å². The summed E-state index contributed by atoms with van der Waals surface area (Å²) >= 11 is 6.08. The van der Waals surface area contributed by atoms with E-state index in [2.05, 4.69) is 30.9 Å². The van der Waals surface area contributed by atoms with Gasteiger partial charge in [0.05, 0.1) is 5.41 Å². The van der Waals surface area contributed by atoms with Crippen LogP contribution in [0.25, 0.3) is 0 Å². The summed E-state index contributed by atoms with van der Waals surface area (Å²) in [4.78, 5) is 26.3. The number of aryl methyl sites for hydroxylation is 1. The monoisotopic (exact) mass is 498 g/mol. The molecule has 2 heterocycles. The van der Waals surface area contributed by atoms with E-state index in [0.717, 1.165) is 54.0 Å². The Kier molecular flexibility index (Phi) is 6.82. The van der Waals surface area contributed by atoms with Crippen molar-refractivity contribution in [2.45, 2.75) is 38.0 Å². The lowest BCUT2D eigenvalue weighted by molar-refractivity contribution is -0.121. The van der Waals surface area contributed by atoms with E-state index in [1.54, 1.807) is 6.20 Å². The minimum atomic E-state index is -0.516. The zero-order valence-electron chi connectivity index (χ0n) is 20.0. The van der Waals surface area contributed by atoms with Crippen LogP contribution in [-0.2, 0) is 10.2 Å². The van der Waals surface area contributed by atoms with Gasteiger partial charge in [-0.15, -0.1) is 0 Å². The molecule has 0 atom stereocenters. The van der Waals surface area contributed by atoms with Crippen LogP contribution in [0.15, 0.2) is 79.3 Å². The van der Waals surface area contributed by atoms with E-state index in [-0.39, 0.29) is 5.91 Å². The van der Waals surface area contributed by atoms with E-state index in [0.29, 0.717) is 16.7 Å². The number of rotatable bonds is 7. The zero-order valence-corrected chi connectivity index (χ0v) is 20.7. The summed E-state index contributed by atoms with van der Waals surface area (Å²) in [6.45, 7) is 2.01. The lowest BCUT2D eigenvalue weighted by atomic mass is 9.78. The van der Waals surface area contributed by atoms with Crippen LogP contribution in [0.4, 0.5) is 28.8 Å². The number of nitrogens with zero attached hydrogens (tertiary/aromatic N) is 3. The molecule has 36 heavy (non-hydrogen) atoms. The Morgan fingerprint density at radius 1 is 0.806 bits per heavy atom. The third kappa shape index (κ3) is 5.31. The first-order valence-corrected chi connectivity index (χ1v) is 12.3. The van der Waals surface area contributed by atoms with Gasteiger partial charge < -0.3 is 16.0 Å². The van der Waals surface area contributed by atoms with Crippen molar-refractivity contribution in [3.05, 3.63) is 95.4 Å². The molecule has 1 fully saturated rings. The number of hydrogen-bond donors (Lipinski definition) is 3. The maximum atomic E-state index is 13.4. The van der Waals surface area contributed by atoms with E-state index in [1.807, 2.05) is 73.7 Å². The Bertz CT molecular complexity index is 1350. The van der Waals surface area contributed by atoms with Gasteiger partial charge in [0, 0.05) is 28.7 Å². The first-order valence-electron chi connectivity index (χ1n) is 12.0. The molecule has 0 spiro atoms. The average molecular weight is 499 g/mol. The van der Waals surface area contributed by atoms with Gasteiger partial charge in [-0.25, -0.2) is 15.0 Å². The molecule has 3 N–H and O–H groups in total. The number of hydrogen-bond acceptors (Lipinski definition) is 6. The number of pyridine rings is 1. The Morgan fingerprint density at radius 3 is 2.14 bits per heavy atom. The van der Waals surface area contributed by atoms with Crippen LogP contribution < -0.4 is 16.0 Å². The predicted molar refractivity (Wildman–Crippen MR) is 144 cm³/mol. The summed E-state index contributed by atoms with van der Waals surface area (Å²) in [5.74, 6) is 2.03. The second-order valence-corrected chi connectivity index (χ2v) is 9.52. The van der Waals surface area contributed by atoms with E-state index < -0.39 is 5.41 Å². The zero-order chi connectivity index (χ0) is 25.0. The fourth-order valence-electron chi connectivity index (χ4n) is 4.66. The summed E-state index contributed by atoms with van der Waals surface area (Å²) in [5.41, 5.74) is 3.21. The highest BCUT2D eigenvalue weighted by Gasteiger charge is 2.42. The van der Waals surface area contributed by atoms with Crippen LogP contribution in [-0.4, -0.2) is 20.9 Å². The third-order valence-electron chi connectivity index (χ3n) is 6.54. The summed E-state index contributed by atoms with van der Waals surface area (Å²) in [6.07, 6.45) is 6.99. The van der Waals surface area contributed by atoms with Crippen LogP contribution in [0.1, 0.15) is 36.8 Å². The minimum absolute atomic E-state index is 0.0271. The van der Waals surface area contributed by atoms with Gasteiger partial charge in [-0.1, -0.05) is 36.6 Å². The number of amides is 1. The number of benzene rings is 2. The van der Waals surface area contributed by atoms with Gasteiger partial charge in [0.25, 0.3) is 0 Å². The molecule has 0 unspecified atom stereocenters. The van der Waals surface area contributed by atoms with Crippen molar-refractivity contribution in [1.82, 2.24) is 15.0 Å². The van der Waals surface area contributed by atoms with Crippen LogP contribution >= 0.6 is 11.6 Å². The molecule has 7 nitrogen and oxygen atoms in total. The normalized spacial score (nSPS) is 14.3. The molecule has 0 saturated heterocycles. The minimum Gasteiger partial charge on any atom is -0.340 e. The van der Waals surface area contributed by atoms with Gasteiger partial charge in [0.15, 0.2) is 0 Å². The van der Waals surface area contributed by atoms with Crippen LogP contribution in [0, 0.1) is 6.92 Å². The summed E-state index contributed by atoms with van der Waals surface area (Å²) in [6, 6.07) is 21.0. The molecule has 1 aliphatic rings. The number of anilines is 5. The van der Waals surface area contributed by atoms with Gasteiger partial charge in [-0.05, 0) is 79.4 Å². The molecule has 0 radical (unpaired) electrons. The molecular weight excluding hydrogens is 472 g/mol. The molecule has 4 aromatic rings. The number of carbonyl (C=O) groups is 1. The largest absolute Gasteiger partial charge is 0.340 e. The second kappa shape index (κ2) is 10.3. The first-order chi connectivity index (χ1) is 17.5. The van der Waals surface area contributed by atoms with E-state index in [4.69, 9.17) is 11.6 Å². The predicted octanol–water partition coefficient (Wildman–Crippen LogP) is 6.77. The van der Waals surface area contributed by atoms with E-state index >= 15 is 0 Å². The number of nitrogens with one attached hydrogen (secondary N) is 3. The quantitative estimate of drug-likeness (QED) is 0.260. The molecule has 1 amide bonds. The highest BCUT2D eigenvalue weighted by Crippen LogP contribution is 2.42. The molecule has 2 aromatic carbocycles. The van der Waals surface area contributed by atoms with Gasteiger partial charge in [-0.2, -0.15) is 0 Å². The highest BCUT2D eigenvalue weighted by atomic mass is 35.5. The first kappa shape index (κ1) is 23.8. The number of carbonyl (C=O) groups excluding carboxylic acids is 1. The lowest BCUT2D eigenvalue weighted by Crippen LogP contribution is -2.37.